The fourth-order valence-electron chi connectivity index (χ4n) is 2.57. The number of aromatic amines is 1. The summed E-state index contributed by atoms with van der Waals surface area (Å²) in [4.78, 5) is 27.1. The van der Waals surface area contributed by atoms with Crippen molar-refractivity contribution in [1.82, 2.24) is 39.5 Å². The van der Waals surface area contributed by atoms with Gasteiger partial charge in [0.1, 0.15) is 23.2 Å². The van der Waals surface area contributed by atoms with Crippen molar-refractivity contribution in [3.8, 4) is 0 Å². The van der Waals surface area contributed by atoms with E-state index in [9.17, 15) is 5.11 Å². The molecule has 148 valence electrons. The SMILES string of the molecule is C[C@@H](O)Cn1cnc2c(N)ncnc21.Nc1nc(CCCO)nc2nc[nH]c12. The van der Waals surface area contributed by atoms with Crippen LogP contribution in [-0.2, 0) is 13.0 Å². The maximum atomic E-state index is 9.23. The lowest BCUT2D eigenvalue weighted by Gasteiger charge is -2.05. The van der Waals surface area contributed by atoms with Gasteiger partial charge in [0.15, 0.2) is 22.9 Å². The Hall–Kier alpha value is -3.38. The van der Waals surface area contributed by atoms with Gasteiger partial charge in [-0.25, -0.2) is 29.9 Å². The van der Waals surface area contributed by atoms with Gasteiger partial charge in [-0.05, 0) is 13.3 Å². The number of nitrogens with two attached hydrogens (primary N) is 2. The van der Waals surface area contributed by atoms with Gasteiger partial charge >= 0.3 is 0 Å². The van der Waals surface area contributed by atoms with Gasteiger partial charge in [-0.1, -0.05) is 0 Å². The molecule has 0 aromatic carbocycles. The highest BCUT2D eigenvalue weighted by Gasteiger charge is 2.08. The number of aromatic nitrogens is 8. The lowest BCUT2D eigenvalue weighted by molar-refractivity contribution is 0.175. The summed E-state index contributed by atoms with van der Waals surface area (Å²) in [7, 11) is 0. The molecule has 4 aromatic rings. The average molecular weight is 386 g/mol. The first-order chi connectivity index (χ1) is 13.5. The molecule has 12 heteroatoms. The lowest BCUT2D eigenvalue weighted by Crippen LogP contribution is -2.11. The van der Waals surface area contributed by atoms with E-state index in [0.29, 0.717) is 59.2 Å². The largest absolute Gasteiger partial charge is 0.396 e. The van der Waals surface area contributed by atoms with Crippen LogP contribution >= 0.6 is 0 Å². The predicted molar refractivity (Wildman–Crippen MR) is 103 cm³/mol. The van der Waals surface area contributed by atoms with Crippen molar-refractivity contribution in [1.29, 1.82) is 0 Å². The summed E-state index contributed by atoms with van der Waals surface area (Å²) in [6.45, 7) is 2.28. The predicted octanol–water partition coefficient (Wildman–Crippen LogP) is -0.351. The first-order valence-corrected chi connectivity index (χ1v) is 8.65. The molecule has 1 atom stereocenters. The van der Waals surface area contributed by atoms with Crippen molar-refractivity contribution >= 4 is 34.0 Å². The summed E-state index contributed by atoms with van der Waals surface area (Å²) in [6, 6.07) is 0. The van der Waals surface area contributed by atoms with E-state index in [0.717, 1.165) is 0 Å². The fraction of sp³-hybridized carbons (Fsp3) is 0.375. The Balaban J connectivity index is 0.000000161. The van der Waals surface area contributed by atoms with Gasteiger partial charge in [0.05, 0.1) is 25.3 Å². The molecule has 0 fully saturated rings. The van der Waals surface area contributed by atoms with Crippen LogP contribution in [0, 0.1) is 0 Å². The Morgan fingerprint density at radius 1 is 1.14 bits per heavy atom. The number of hydrogen-bond acceptors (Lipinski definition) is 10. The number of aliphatic hydroxyl groups excluding tert-OH is 2. The second kappa shape index (κ2) is 8.54. The third kappa shape index (κ3) is 4.29. The van der Waals surface area contributed by atoms with Gasteiger partial charge in [-0.3, -0.25) is 0 Å². The van der Waals surface area contributed by atoms with Crippen molar-refractivity contribution in [3.63, 3.8) is 0 Å². The standard InChI is InChI=1S/2C8H11N5O/c1-5(14)2-13-4-12-6-7(9)10-3-11-8(6)13;9-7-6-8(11-4-10-6)13-5(12-7)2-1-3-14/h3-5,14H,2H2,1H3,(H2,9,10,11);4,14H,1-3H2,(H3,9,10,11,12,13)/t5-;/m1./s1. The number of nitrogen functional groups attached to an aromatic ring is 2. The minimum atomic E-state index is -0.441. The summed E-state index contributed by atoms with van der Waals surface area (Å²) in [5, 5.41) is 17.9. The lowest BCUT2D eigenvalue weighted by atomic mass is 10.3. The number of H-pyrrole nitrogens is 1. The number of nitrogens with zero attached hydrogens (tertiary/aromatic N) is 7. The highest BCUT2D eigenvalue weighted by molar-refractivity contribution is 5.81. The van der Waals surface area contributed by atoms with Crippen LogP contribution in [-0.4, -0.2) is 62.4 Å². The summed E-state index contributed by atoms with van der Waals surface area (Å²) in [5.74, 6) is 1.39. The maximum Gasteiger partial charge on any atom is 0.183 e. The van der Waals surface area contributed by atoms with Crippen molar-refractivity contribution in [3.05, 3.63) is 24.8 Å². The zero-order valence-corrected chi connectivity index (χ0v) is 15.3. The van der Waals surface area contributed by atoms with Gasteiger partial charge in [-0.2, -0.15) is 0 Å². The van der Waals surface area contributed by atoms with E-state index in [1.54, 1.807) is 17.8 Å². The second-order valence-corrected chi connectivity index (χ2v) is 6.13. The molecule has 0 amide bonds. The Bertz CT molecular complexity index is 1060. The number of hydrogen-bond donors (Lipinski definition) is 5. The molecule has 0 unspecified atom stereocenters. The van der Waals surface area contributed by atoms with Crippen molar-refractivity contribution < 1.29 is 10.2 Å². The second-order valence-electron chi connectivity index (χ2n) is 6.13. The van der Waals surface area contributed by atoms with Gasteiger partial charge in [0.2, 0.25) is 0 Å². The topological polar surface area (TPSA) is 191 Å². The molecule has 7 N–H and O–H groups in total. The first-order valence-electron chi connectivity index (χ1n) is 8.65. The molecule has 0 saturated heterocycles. The Labute approximate surface area is 159 Å². The normalized spacial score (nSPS) is 12.1. The quantitative estimate of drug-likeness (QED) is 0.303. The molecule has 4 aromatic heterocycles. The minimum absolute atomic E-state index is 0.127. The van der Waals surface area contributed by atoms with E-state index >= 15 is 0 Å². The van der Waals surface area contributed by atoms with Crippen LogP contribution in [0.4, 0.5) is 11.6 Å². The van der Waals surface area contributed by atoms with Crippen LogP contribution in [0.2, 0.25) is 0 Å². The van der Waals surface area contributed by atoms with Crippen LogP contribution in [0.15, 0.2) is 19.0 Å². The van der Waals surface area contributed by atoms with Gasteiger partial charge in [0.25, 0.3) is 0 Å². The first kappa shape index (κ1) is 19.4. The van der Waals surface area contributed by atoms with Crippen LogP contribution in [0.1, 0.15) is 19.2 Å². The van der Waals surface area contributed by atoms with E-state index in [1.165, 1.54) is 12.7 Å². The number of imidazole rings is 2. The van der Waals surface area contributed by atoms with Crippen molar-refractivity contribution in [2.24, 2.45) is 0 Å². The van der Waals surface area contributed by atoms with Gasteiger partial charge < -0.3 is 31.2 Å². The number of fused-ring (bicyclic) bond motifs is 2. The molecule has 0 saturated carbocycles. The summed E-state index contributed by atoms with van der Waals surface area (Å²) in [6.07, 6.45) is 5.33. The van der Waals surface area contributed by atoms with Crippen LogP contribution < -0.4 is 11.5 Å². The smallest absolute Gasteiger partial charge is 0.183 e. The zero-order chi connectivity index (χ0) is 20.1. The number of anilines is 2. The molecule has 12 nitrogen and oxygen atoms in total. The molecule has 0 bridgehead atoms. The summed E-state index contributed by atoms with van der Waals surface area (Å²) < 4.78 is 1.75. The molecule has 0 radical (unpaired) electrons. The van der Waals surface area contributed by atoms with Crippen LogP contribution in [0.3, 0.4) is 0 Å². The van der Waals surface area contributed by atoms with Crippen molar-refractivity contribution in [2.75, 3.05) is 18.1 Å². The molecular formula is C16H22N10O2. The van der Waals surface area contributed by atoms with E-state index in [1.807, 2.05) is 0 Å². The number of rotatable bonds is 5. The highest BCUT2D eigenvalue weighted by Crippen LogP contribution is 2.14. The molecule has 0 aliphatic heterocycles. The molecular weight excluding hydrogens is 364 g/mol. The molecule has 4 heterocycles. The third-order valence-corrected chi connectivity index (χ3v) is 3.81. The fourth-order valence-corrected chi connectivity index (χ4v) is 2.57. The van der Waals surface area contributed by atoms with E-state index in [2.05, 4.69) is 34.9 Å². The van der Waals surface area contributed by atoms with E-state index in [-0.39, 0.29) is 6.61 Å². The number of aryl methyl sites for hydroxylation is 1. The van der Waals surface area contributed by atoms with E-state index in [4.69, 9.17) is 16.6 Å². The summed E-state index contributed by atoms with van der Waals surface area (Å²) >= 11 is 0. The van der Waals surface area contributed by atoms with Crippen LogP contribution in [0.25, 0.3) is 22.3 Å². The maximum absolute atomic E-state index is 9.23. The Morgan fingerprint density at radius 2 is 1.96 bits per heavy atom. The Morgan fingerprint density at radius 3 is 2.71 bits per heavy atom. The van der Waals surface area contributed by atoms with Crippen LogP contribution in [0.5, 0.6) is 0 Å². The third-order valence-electron chi connectivity index (χ3n) is 3.81. The molecule has 4 rings (SSSR count). The molecule has 28 heavy (non-hydrogen) atoms. The number of nitrogens with one attached hydrogen (secondary N) is 1. The van der Waals surface area contributed by atoms with Crippen molar-refractivity contribution in [2.45, 2.75) is 32.4 Å². The minimum Gasteiger partial charge on any atom is -0.396 e. The van der Waals surface area contributed by atoms with Gasteiger partial charge in [-0.15, -0.1) is 0 Å². The monoisotopic (exact) mass is 386 g/mol. The highest BCUT2D eigenvalue weighted by atomic mass is 16.3. The molecule has 0 aliphatic rings. The van der Waals surface area contributed by atoms with Gasteiger partial charge in [0, 0.05) is 13.0 Å². The molecule has 0 spiro atoms. The zero-order valence-electron chi connectivity index (χ0n) is 15.3. The summed E-state index contributed by atoms with van der Waals surface area (Å²) in [5.41, 5.74) is 13.8. The number of aliphatic hydroxyl groups is 2. The van der Waals surface area contributed by atoms with E-state index < -0.39 is 6.10 Å². The Kier molecular flexibility index (Phi) is 5.91. The average Bonchev–Trinajstić information content (AvgIpc) is 3.29. The molecule has 0 aliphatic carbocycles.